The lowest BCUT2D eigenvalue weighted by Crippen LogP contribution is -2.29. The molecule has 124 valence electrons. The van der Waals surface area contributed by atoms with Crippen molar-refractivity contribution in [2.45, 2.75) is 19.8 Å². The maximum atomic E-state index is 11.4. The van der Waals surface area contributed by atoms with Crippen molar-refractivity contribution in [1.29, 1.82) is 0 Å². The molecule has 0 aromatic heterocycles. The van der Waals surface area contributed by atoms with Crippen molar-refractivity contribution in [3.63, 3.8) is 0 Å². The Labute approximate surface area is 136 Å². The van der Waals surface area contributed by atoms with E-state index in [0.717, 1.165) is 0 Å². The largest absolute Gasteiger partial charge is 0.493 e. The van der Waals surface area contributed by atoms with Crippen molar-refractivity contribution in [2.24, 2.45) is 5.73 Å². The summed E-state index contributed by atoms with van der Waals surface area (Å²) in [5, 5.41) is 2.69. The van der Waals surface area contributed by atoms with Gasteiger partial charge in [0, 0.05) is 25.1 Å². The Morgan fingerprint density at radius 2 is 2.00 bits per heavy atom. The molecule has 6 nitrogen and oxygen atoms in total. The Balaban J connectivity index is 0.00000441. The van der Waals surface area contributed by atoms with Gasteiger partial charge in [0.2, 0.25) is 5.91 Å². The molecule has 0 aliphatic rings. The summed E-state index contributed by atoms with van der Waals surface area (Å²) < 4.78 is 10.8. The predicted molar refractivity (Wildman–Crippen MR) is 87.0 cm³/mol. The van der Waals surface area contributed by atoms with Gasteiger partial charge >= 0.3 is 0 Å². The van der Waals surface area contributed by atoms with E-state index >= 15 is 0 Å². The van der Waals surface area contributed by atoms with Crippen molar-refractivity contribution in [2.75, 3.05) is 26.8 Å². The molecule has 0 fully saturated rings. The van der Waals surface area contributed by atoms with Crippen molar-refractivity contribution in [1.82, 2.24) is 5.32 Å². The Morgan fingerprint density at radius 3 is 2.59 bits per heavy atom. The Kier molecular flexibility index (Phi) is 9.98. The molecule has 22 heavy (non-hydrogen) atoms. The maximum Gasteiger partial charge on any atom is 0.220 e. The Morgan fingerprint density at radius 1 is 1.27 bits per heavy atom. The minimum absolute atomic E-state index is 0. The van der Waals surface area contributed by atoms with Gasteiger partial charge in [0.05, 0.1) is 13.7 Å². The second-order valence-electron chi connectivity index (χ2n) is 4.51. The van der Waals surface area contributed by atoms with Gasteiger partial charge in [-0.1, -0.05) is 0 Å². The van der Waals surface area contributed by atoms with Crippen molar-refractivity contribution >= 4 is 24.1 Å². The van der Waals surface area contributed by atoms with Crippen LogP contribution in [-0.2, 0) is 4.79 Å². The number of rotatable bonds is 9. The van der Waals surface area contributed by atoms with Gasteiger partial charge in [0.1, 0.15) is 0 Å². The van der Waals surface area contributed by atoms with Gasteiger partial charge in [-0.05, 0) is 31.5 Å². The molecule has 0 heterocycles. The van der Waals surface area contributed by atoms with E-state index < -0.39 is 0 Å². The zero-order chi connectivity index (χ0) is 15.7. The first-order valence-electron chi connectivity index (χ1n) is 6.87. The molecule has 7 heteroatoms. The first kappa shape index (κ1) is 20.2. The van der Waals surface area contributed by atoms with Crippen LogP contribution in [0.4, 0.5) is 0 Å². The molecular weight excluding hydrogens is 308 g/mol. The quantitative estimate of drug-likeness (QED) is 0.529. The average molecular weight is 331 g/mol. The molecule has 3 N–H and O–H groups in total. The van der Waals surface area contributed by atoms with Gasteiger partial charge in [-0.15, -0.1) is 12.4 Å². The van der Waals surface area contributed by atoms with Crippen LogP contribution < -0.4 is 20.5 Å². The minimum atomic E-state index is -0.0389. The molecule has 0 unspecified atom stereocenters. The molecule has 1 aromatic rings. The zero-order valence-electron chi connectivity index (χ0n) is 12.9. The van der Waals surface area contributed by atoms with E-state index in [9.17, 15) is 9.59 Å². The summed E-state index contributed by atoms with van der Waals surface area (Å²) in [7, 11) is 1.52. The number of ether oxygens (including phenoxy) is 2. The van der Waals surface area contributed by atoms with Crippen LogP contribution >= 0.6 is 12.4 Å². The van der Waals surface area contributed by atoms with E-state index in [1.165, 1.54) is 14.0 Å². The van der Waals surface area contributed by atoms with Crippen LogP contribution in [0.3, 0.4) is 0 Å². The summed E-state index contributed by atoms with van der Waals surface area (Å²) in [6.07, 6.45) is 0.974. The molecule has 0 spiro atoms. The summed E-state index contributed by atoms with van der Waals surface area (Å²) in [4.78, 5) is 22.7. The number of halogens is 1. The summed E-state index contributed by atoms with van der Waals surface area (Å²) in [5.41, 5.74) is 5.87. The van der Waals surface area contributed by atoms with E-state index in [0.29, 0.717) is 49.6 Å². The highest BCUT2D eigenvalue weighted by Gasteiger charge is 2.08. The smallest absolute Gasteiger partial charge is 0.220 e. The number of benzene rings is 1. The molecule has 0 aliphatic heterocycles. The third-order valence-electron chi connectivity index (χ3n) is 2.84. The normalized spacial score (nSPS) is 9.59. The fourth-order valence-corrected chi connectivity index (χ4v) is 1.72. The van der Waals surface area contributed by atoms with Crippen LogP contribution in [0.25, 0.3) is 0 Å². The number of amides is 1. The SMILES string of the molecule is COc1cc(C(C)=O)ccc1OCCCC(=O)NCCN.Cl. The molecule has 0 radical (unpaired) electrons. The third kappa shape index (κ3) is 6.78. The van der Waals surface area contributed by atoms with Crippen LogP contribution in [0.15, 0.2) is 18.2 Å². The molecule has 0 atom stereocenters. The summed E-state index contributed by atoms with van der Waals surface area (Å²) in [6.45, 7) is 2.81. The Bertz CT molecular complexity index is 494. The standard InChI is InChI=1S/C15H22N2O4.ClH/c1-11(18)12-5-6-13(14(10-12)20-2)21-9-3-4-15(19)17-8-7-16;/h5-6,10H,3-4,7-9,16H2,1-2H3,(H,17,19);1H. The second kappa shape index (κ2) is 10.9. The number of nitrogens with one attached hydrogen (secondary N) is 1. The lowest BCUT2D eigenvalue weighted by molar-refractivity contribution is -0.121. The fraction of sp³-hybridized carbons (Fsp3) is 0.467. The van der Waals surface area contributed by atoms with E-state index in [-0.39, 0.29) is 24.1 Å². The van der Waals surface area contributed by atoms with Gasteiger partial charge in [-0.3, -0.25) is 9.59 Å². The highest BCUT2D eigenvalue weighted by molar-refractivity contribution is 5.94. The van der Waals surface area contributed by atoms with Gasteiger partial charge in [-0.25, -0.2) is 0 Å². The van der Waals surface area contributed by atoms with Crippen LogP contribution in [0.2, 0.25) is 0 Å². The van der Waals surface area contributed by atoms with Gasteiger partial charge in [0.25, 0.3) is 0 Å². The fourth-order valence-electron chi connectivity index (χ4n) is 1.72. The molecular formula is C15H23ClN2O4. The number of methoxy groups -OCH3 is 1. The summed E-state index contributed by atoms with van der Waals surface area (Å²) in [6, 6.07) is 5.03. The minimum Gasteiger partial charge on any atom is -0.493 e. The molecule has 1 amide bonds. The first-order chi connectivity index (χ1) is 10.1. The zero-order valence-corrected chi connectivity index (χ0v) is 13.7. The number of carbonyl (C=O) groups is 2. The lowest BCUT2D eigenvalue weighted by atomic mass is 10.1. The number of Topliss-reactive ketones (excluding diaryl/α,β-unsaturated/α-hetero) is 1. The van der Waals surface area contributed by atoms with E-state index in [4.69, 9.17) is 15.2 Å². The monoisotopic (exact) mass is 330 g/mol. The predicted octanol–water partition coefficient (Wildman–Crippen LogP) is 1.55. The van der Waals surface area contributed by atoms with Gasteiger partial charge in [0.15, 0.2) is 17.3 Å². The van der Waals surface area contributed by atoms with E-state index in [1.54, 1.807) is 18.2 Å². The molecule has 0 saturated heterocycles. The summed E-state index contributed by atoms with van der Waals surface area (Å²) in [5.74, 6) is 1.000. The van der Waals surface area contributed by atoms with Crippen LogP contribution in [-0.4, -0.2) is 38.5 Å². The second-order valence-corrected chi connectivity index (χ2v) is 4.51. The van der Waals surface area contributed by atoms with Crippen LogP contribution in [0.1, 0.15) is 30.1 Å². The van der Waals surface area contributed by atoms with Gasteiger partial charge in [-0.2, -0.15) is 0 Å². The molecule has 1 aromatic carbocycles. The molecule has 0 aliphatic carbocycles. The number of ketones is 1. The average Bonchev–Trinajstić information content (AvgIpc) is 2.49. The van der Waals surface area contributed by atoms with Gasteiger partial charge < -0.3 is 20.5 Å². The first-order valence-corrected chi connectivity index (χ1v) is 6.87. The molecule has 0 saturated carbocycles. The number of hydrogen-bond acceptors (Lipinski definition) is 5. The number of hydrogen-bond donors (Lipinski definition) is 2. The highest BCUT2D eigenvalue weighted by Crippen LogP contribution is 2.28. The molecule has 0 bridgehead atoms. The summed E-state index contributed by atoms with van der Waals surface area (Å²) >= 11 is 0. The lowest BCUT2D eigenvalue weighted by Gasteiger charge is -2.11. The third-order valence-corrected chi connectivity index (χ3v) is 2.84. The van der Waals surface area contributed by atoms with Crippen LogP contribution in [0, 0.1) is 0 Å². The Hall–Kier alpha value is -1.79. The van der Waals surface area contributed by atoms with E-state index in [2.05, 4.69) is 5.32 Å². The van der Waals surface area contributed by atoms with E-state index in [1.807, 2.05) is 0 Å². The van der Waals surface area contributed by atoms with Crippen molar-refractivity contribution in [3.8, 4) is 11.5 Å². The van der Waals surface area contributed by atoms with Crippen molar-refractivity contribution in [3.05, 3.63) is 23.8 Å². The topological polar surface area (TPSA) is 90.6 Å². The number of carbonyl (C=O) groups excluding carboxylic acids is 2. The maximum absolute atomic E-state index is 11.4. The number of nitrogens with two attached hydrogens (primary N) is 1. The highest BCUT2D eigenvalue weighted by atomic mass is 35.5. The molecule has 1 rings (SSSR count). The van der Waals surface area contributed by atoms with Crippen molar-refractivity contribution < 1.29 is 19.1 Å². The van der Waals surface area contributed by atoms with Crippen LogP contribution in [0.5, 0.6) is 11.5 Å².